The van der Waals surface area contributed by atoms with Crippen molar-refractivity contribution in [3.63, 3.8) is 0 Å². The fraction of sp³-hybridized carbons (Fsp3) is 1.00. The molecule has 5 heteroatoms. The van der Waals surface area contributed by atoms with E-state index in [9.17, 15) is 18.3 Å². The Balaban J connectivity index is 0.000000382. The molecule has 3 atom stereocenters. The van der Waals surface area contributed by atoms with Crippen molar-refractivity contribution in [2.45, 2.75) is 85.6 Å². The monoisotopic (exact) mass is 312 g/mol. The van der Waals surface area contributed by atoms with E-state index < -0.39 is 17.7 Å². The molecule has 0 bridgehead atoms. The molecule has 0 aromatic rings. The zero-order valence-corrected chi connectivity index (χ0v) is 14.1. The summed E-state index contributed by atoms with van der Waals surface area (Å²) in [6.45, 7) is 11.6. The lowest BCUT2D eigenvalue weighted by Crippen LogP contribution is -2.32. The molecule has 0 spiro atoms. The average molecular weight is 312 g/mol. The molecule has 0 radical (unpaired) electrons. The van der Waals surface area contributed by atoms with Crippen molar-refractivity contribution in [3.8, 4) is 0 Å². The Bertz CT molecular complexity index is 300. The zero-order valence-electron chi connectivity index (χ0n) is 14.1. The van der Waals surface area contributed by atoms with Gasteiger partial charge < -0.3 is 10.2 Å². The van der Waals surface area contributed by atoms with Crippen molar-refractivity contribution >= 4 is 0 Å². The van der Waals surface area contributed by atoms with Crippen LogP contribution in [0.15, 0.2) is 0 Å². The van der Waals surface area contributed by atoms with Crippen LogP contribution < -0.4 is 0 Å². The van der Waals surface area contributed by atoms with Crippen LogP contribution in [0, 0.1) is 16.7 Å². The van der Waals surface area contributed by atoms with Gasteiger partial charge in [-0.1, -0.05) is 48.0 Å². The number of rotatable bonds is 1. The van der Waals surface area contributed by atoms with E-state index in [2.05, 4.69) is 20.8 Å². The minimum atomic E-state index is -4.48. The Morgan fingerprint density at radius 2 is 1.48 bits per heavy atom. The van der Waals surface area contributed by atoms with Gasteiger partial charge >= 0.3 is 6.18 Å². The summed E-state index contributed by atoms with van der Waals surface area (Å²) >= 11 is 0. The van der Waals surface area contributed by atoms with E-state index in [1.54, 1.807) is 20.8 Å². The van der Waals surface area contributed by atoms with Crippen LogP contribution >= 0.6 is 0 Å². The molecule has 1 aliphatic rings. The molecule has 0 amide bonds. The summed E-state index contributed by atoms with van der Waals surface area (Å²) in [5.74, 6) is 0.535. The maximum absolute atomic E-state index is 11.7. The van der Waals surface area contributed by atoms with Gasteiger partial charge in [-0.25, -0.2) is 0 Å². The summed E-state index contributed by atoms with van der Waals surface area (Å²) in [7, 11) is 0. The number of halogens is 3. The first-order valence-corrected chi connectivity index (χ1v) is 7.57. The molecule has 21 heavy (non-hydrogen) atoms. The highest BCUT2D eigenvalue weighted by Gasteiger charge is 2.40. The normalized spacial score (nSPS) is 25.3. The summed E-state index contributed by atoms with van der Waals surface area (Å²) in [5.41, 5.74) is -0.190. The third-order valence-corrected chi connectivity index (χ3v) is 3.78. The van der Waals surface area contributed by atoms with Gasteiger partial charge in [0.15, 0.2) is 0 Å². The zero-order chi connectivity index (χ0) is 17.1. The molecule has 1 aliphatic carbocycles. The molecular weight excluding hydrogens is 281 g/mol. The van der Waals surface area contributed by atoms with Crippen molar-refractivity contribution in [2.24, 2.45) is 16.7 Å². The number of aliphatic hydroxyl groups is 2. The minimum Gasteiger partial charge on any atom is -0.393 e. The first-order valence-electron chi connectivity index (χ1n) is 7.57. The van der Waals surface area contributed by atoms with Gasteiger partial charge in [0.25, 0.3) is 0 Å². The third-order valence-electron chi connectivity index (χ3n) is 3.78. The molecule has 1 saturated carbocycles. The molecule has 0 aromatic carbocycles. The van der Waals surface area contributed by atoms with Crippen LogP contribution in [-0.4, -0.2) is 28.6 Å². The lowest BCUT2D eigenvalue weighted by molar-refractivity contribution is -0.211. The lowest BCUT2D eigenvalue weighted by atomic mass is 9.79. The molecule has 0 unspecified atom stereocenters. The first-order chi connectivity index (χ1) is 9.14. The number of aliphatic hydroxyl groups excluding tert-OH is 2. The van der Waals surface area contributed by atoms with Crippen molar-refractivity contribution < 1.29 is 23.4 Å². The largest absolute Gasteiger partial charge is 0.414 e. The highest BCUT2D eigenvalue weighted by Crippen LogP contribution is 2.39. The van der Waals surface area contributed by atoms with E-state index in [1.165, 1.54) is 12.8 Å². The topological polar surface area (TPSA) is 40.5 Å². The maximum Gasteiger partial charge on any atom is 0.414 e. The van der Waals surface area contributed by atoms with Gasteiger partial charge in [0, 0.05) is 0 Å². The molecule has 128 valence electrons. The Hall–Kier alpha value is -0.290. The lowest BCUT2D eigenvalue weighted by Gasteiger charge is -2.29. The molecule has 1 fully saturated rings. The van der Waals surface area contributed by atoms with Crippen LogP contribution in [0.2, 0.25) is 0 Å². The SMILES string of the molecule is CC(C)(C)C[C@H](O)C(F)(F)F.CC(C)(C)[C@H]1CCC[C@H]1O. The standard InChI is InChI=1S/C9H18O.C7H13F3O/c1-9(2,3)7-5-4-6-8(7)10;1-6(2,3)4-5(11)7(8,9)10/h7-8,10H,4-6H2,1-3H3;5,11H,4H2,1-3H3/t7-,8+;5-/m00/s1. The van der Waals surface area contributed by atoms with Crippen LogP contribution in [0.25, 0.3) is 0 Å². The summed E-state index contributed by atoms with van der Waals surface area (Å²) < 4.78 is 35.2. The molecule has 0 aliphatic heterocycles. The van der Waals surface area contributed by atoms with E-state index in [4.69, 9.17) is 5.11 Å². The van der Waals surface area contributed by atoms with Gasteiger partial charge in [0.2, 0.25) is 0 Å². The second-order valence-corrected chi connectivity index (χ2v) is 8.29. The quantitative estimate of drug-likeness (QED) is 0.746. The highest BCUT2D eigenvalue weighted by atomic mass is 19.4. The second kappa shape index (κ2) is 7.32. The van der Waals surface area contributed by atoms with Gasteiger partial charge in [-0.05, 0) is 36.0 Å². The van der Waals surface area contributed by atoms with Gasteiger partial charge in [-0.3, -0.25) is 0 Å². The molecule has 2 nitrogen and oxygen atoms in total. The van der Waals surface area contributed by atoms with Crippen LogP contribution in [-0.2, 0) is 0 Å². The fourth-order valence-electron chi connectivity index (χ4n) is 2.65. The van der Waals surface area contributed by atoms with Crippen molar-refractivity contribution in [1.82, 2.24) is 0 Å². The van der Waals surface area contributed by atoms with Gasteiger partial charge in [-0.2, -0.15) is 13.2 Å². The summed E-state index contributed by atoms with van der Waals surface area (Å²) in [4.78, 5) is 0. The predicted molar refractivity (Wildman–Crippen MR) is 78.9 cm³/mol. The fourth-order valence-corrected chi connectivity index (χ4v) is 2.65. The minimum absolute atomic E-state index is 0.0278. The van der Waals surface area contributed by atoms with Crippen LogP contribution in [0.5, 0.6) is 0 Å². The van der Waals surface area contributed by atoms with Crippen LogP contribution in [0.4, 0.5) is 13.2 Å². The van der Waals surface area contributed by atoms with Crippen LogP contribution in [0.3, 0.4) is 0 Å². The van der Waals surface area contributed by atoms with E-state index in [-0.39, 0.29) is 12.5 Å². The molecule has 1 rings (SSSR count). The predicted octanol–water partition coefficient (Wildman–Crippen LogP) is 4.54. The third kappa shape index (κ3) is 8.67. The molecule has 0 aromatic heterocycles. The molecular formula is C16H31F3O2. The average Bonchev–Trinajstić information content (AvgIpc) is 2.60. The first kappa shape index (κ1) is 20.7. The number of hydrogen-bond donors (Lipinski definition) is 2. The second-order valence-electron chi connectivity index (χ2n) is 8.29. The van der Waals surface area contributed by atoms with Gasteiger partial charge in [-0.15, -0.1) is 0 Å². The summed E-state index contributed by atoms with van der Waals surface area (Å²) in [5, 5.41) is 18.1. The van der Waals surface area contributed by atoms with Gasteiger partial charge in [0.05, 0.1) is 6.10 Å². The maximum atomic E-state index is 11.7. The molecule has 0 heterocycles. The smallest absolute Gasteiger partial charge is 0.393 e. The number of hydrogen-bond acceptors (Lipinski definition) is 2. The summed E-state index contributed by atoms with van der Waals surface area (Å²) in [6.07, 6.45) is -3.51. The van der Waals surface area contributed by atoms with E-state index in [0.717, 1.165) is 6.42 Å². The van der Waals surface area contributed by atoms with Crippen molar-refractivity contribution in [3.05, 3.63) is 0 Å². The van der Waals surface area contributed by atoms with Crippen molar-refractivity contribution in [1.29, 1.82) is 0 Å². The summed E-state index contributed by atoms with van der Waals surface area (Å²) in [6, 6.07) is 0. The number of alkyl halides is 3. The van der Waals surface area contributed by atoms with E-state index in [0.29, 0.717) is 11.3 Å². The molecule has 2 N–H and O–H groups in total. The van der Waals surface area contributed by atoms with Crippen LogP contribution in [0.1, 0.15) is 67.2 Å². The van der Waals surface area contributed by atoms with E-state index >= 15 is 0 Å². The Morgan fingerprint density at radius 1 is 1.00 bits per heavy atom. The van der Waals surface area contributed by atoms with E-state index in [1.807, 2.05) is 0 Å². The molecule has 0 saturated heterocycles. The Labute approximate surface area is 126 Å². The van der Waals surface area contributed by atoms with Crippen molar-refractivity contribution in [2.75, 3.05) is 0 Å². The van der Waals surface area contributed by atoms with Gasteiger partial charge in [0.1, 0.15) is 6.10 Å². The Kier molecular flexibility index (Phi) is 7.21. The highest BCUT2D eigenvalue weighted by molar-refractivity contribution is 4.85. The Morgan fingerprint density at radius 3 is 1.62 bits per heavy atom.